The summed E-state index contributed by atoms with van der Waals surface area (Å²) in [6.45, 7) is 2.11. The molecule has 0 heterocycles. The third-order valence-electron chi connectivity index (χ3n) is 3.89. The highest BCUT2D eigenvalue weighted by Crippen LogP contribution is 2.38. The van der Waals surface area contributed by atoms with E-state index in [1.807, 2.05) is 18.2 Å². The normalized spacial score (nSPS) is 13.7. The molecule has 128 valence electrons. The maximum absolute atomic E-state index is 10.8. The van der Waals surface area contributed by atoms with Gasteiger partial charge >= 0.3 is 11.9 Å². The summed E-state index contributed by atoms with van der Waals surface area (Å²) >= 11 is 0. The lowest BCUT2D eigenvalue weighted by Gasteiger charge is -2.20. The highest BCUT2D eigenvalue weighted by atomic mass is 31.1. The largest absolute Gasteiger partial charge is 0.481 e. The molecule has 1 aromatic carbocycles. The van der Waals surface area contributed by atoms with Gasteiger partial charge in [-0.1, -0.05) is 37.3 Å². The second kappa shape index (κ2) is 10.3. The number of rotatable bonds is 11. The highest BCUT2D eigenvalue weighted by molar-refractivity contribution is 7.51. The van der Waals surface area contributed by atoms with Crippen molar-refractivity contribution in [3.05, 3.63) is 35.9 Å². The van der Waals surface area contributed by atoms with Crippen molar-refractivity contribution in [2.75, 3.05) is 12.3 Å². The molecule has 0 saturated heterocycles. The molecule has 6 heteroatoms. The fourth-order valence-electron chi connectivity index (χ4n) is 2.72. The fraction of sp³-hybridized carbons (Fsp3) is 0.529. The molecule has 0 bridgehead atoms. The van der Waals surface area contributed by atoms with E-state index in [0.29, 0.717) is 12.1 Å². The van der Waals surface area contributed by atoms with Crippen LogP contribution in [0, 0.1) is 5.92 Å². The molecule has 23 heavy (non-hydrogen) atoms. The quantitative estimate of drug-likeness (QED) is 0.536. The molecule has 0 amide bonds. The van der Waals surface area contributed by atoms with E-state index >= 15 is 0 Å². The topological polar surface area (TPSA) is 94.8 Å². The fourth-order valence-corrected chi connectivity index (χ4v) is 4.37. The molecule has 0 aliphatic heterocycles. The Morgan fingerprint density at radius 2 is 1.65 bits per heavy atom. The standard InChI is InChI=1S/C17H25O5P/c1-2-14(15-6-4-3-5-7-15)8-9-23(22)12-13(10-16(18)19)11-17(20)21/h3-7,13-14,22H,2,8-12H2,1H3,(H,18,19)(H,20,21). The van der Waals surface area contributed by atoms with Crippen molar-refractivity contribution in [2.45, 2.75) is 38.5 Å². The molecule has 0 aliphatic carbocycles. The van der Waals surface area contributed by atoms with Crippen molar-refractivity contribution >= 4 is 20.1 Å². The summed E-state index contributed by atoms with van der Waals surface area (Å²) in [5.41, 5.74) is 1.24. The molecule has 0 fully saturated rings. The van der Waals surface area contributed by atoms with Crippen LogP contribution in [0.25, 0.3) is 0 Å². The van der Waals surface area contributed by atoms with E-state index in [9.17, 15) is 14.5 Å². The predicted molar refractivity (Wildman–Crippen MR) is 91.0 cm³/mol. The summed E-state index contributed by atoms with van der Waals surface area (Å²) in [5.74, 6) is -2.17. The lowest BCUT2D eigenvalue weighted by Crippen LogP contribution is -2.16. The van der Waals surface area contributed by atoms with Crippen LogP contribution in [0.3, 0.4) is 0 Å². The Hall–Kier alpha value is -1.45. The van der Waals surface area contributed by atoms with Gasteiger partial charge in [-0.25, -0.2) is 0 Å². The van der Waals surface area contributed by atoms with E-state index < -0.39 is 26.0 Å². The first-order valence-corrected chi connectivity index (χ1v) is 9.51. The van der Waals surface area contributed by atoms with E-state index in [0.717, 1.165) is 12.8 Å². The van der Waals surface area contributed by atoms with E-state index in [4.69, 9.17) is 10.2 Å². The van der Waals surface area contributed by atoms with Gasteiger partial charge in [0.2, 0.25) is 0 Å². The van der Waals surface area contributed by atoms with Crippen molar-refractivity contribution in [3.8, 4) is 0 Å². The van der Waals surface area contributed by atoms with E-state index in [1.165, 1.54) is 5.56 Å². The average Bonchev–Trinajstić information content (AvgIpc) is 2.47. The Morgan fingerprint density at radius 1 is 1.09 bits per heavy atom. The summed E-state index contributed by atoms with van der Waals surface area (Å²) < 4.78 is 0. The first-order chi connectivity index (χ1) is 10.9. The van der Waals surface area contributed by atoms with Gasteiger partial charge in [0, 0.05) is 21.0 Å². The van der Waals surface area contributed by atoms with Crippen molar-refractivity contribution in [1.29, 1.82) is 0 Å². The van der Waals surface area contributed by atoms with Gasteiger partial charge < -0.3 is 15.1 Å². The molecule has 2 atom stereocenters. The van der Waals surface area contributed by atoms with Crippen LogP contribution in [0.4, 0.5) is 0 Å². The SMILES string of the molecule is CCC(CCP(O)CC(CC(=O)O)CC(=O)O)c1ccccc1. The van der Waals surface area contributed by atoms with Crippen LogP contribution in [-0.2, 0) is 9.59 Å². The summed E-state index contributed by atoms with van der Waals surface area (Å²) in [4.78, 5) is 31.8. The van der Waals surface area contributed by atoms with Crippen molar-refractivity contribution < 1.29 is 24.7 Å². The zero-order valence-electron chi connectivity index (χ0n) is 13.4. The molecule has 0 spiro atoms. The maximum atomic E-state index is 10.8. The van der Waals surface area contributed by atoms with Crippen LogP contribution in [0.1, 0.15) is 44.1 Å². The lowest BCUT2D eigenvalue weighted by atomic mass is 9.94. The number of hydrogen-bond acceptors (Lipinski definition) is 3. The molecule has 2 unspecified atom stereocenters. The first-order valence-electron chi connectivity index (χ1n) is 7.84. The van der Waals surface area contributed by atoms with E-state index in [1.54, 1.807) is 0 Å². The number of aliphatic carboxylic acids is 2. The average molecular weight is 340 g/mol. The molecule has 1 rings (SSSR count). The molecule has 5 nitrogen and oxygen atoms in total. The minimum absolute atomic E-state index is 0.207. The molecular weight excluding hydrogens is 315 g/mol. The molecule has 0 saturated carbocycles. The number of carbonyl (C=O) groups is 2. The highest BCUT2D eigenvalue weighted by Gasteiger charge is 2.21. The van der Waals surface area contributed by atoms with Crippen LogP contribution in [0.15, 0.2) is 30.3 Å². The van der Waals surface area contributed by atoms with Gasteiger partial charge in [0.1, 0.15) is 0 Å². The third-order valence-corrected chi connectivity index (χ3v) is 5.61. The predicted octanol–water partition coefficient (Wildman–Crippen LogP) is 3.53. The number of hydrogen-bond donors (Lipinski definition) is 3. The number of carboxylic acids is 2. The Balaban J connectivity index is 2.51. The summed E-state index contributed by atoms with van der Waals surface area (Å²) in [6.07, 6.45) is 2.28. The minimum Gasteiger partial charge on any atom is -0.481 e. The number of carboxylic acid groups (broad SMARTS) is 2. The van der Waals surface area contributed by atoms with Gasteiger partial charge in [0.05, 0.1) is 0 Å². The van der Waals surface area contributed by atoms with E-state index in [-0.39, 0.29) is 19.0 Å². The van der Waals surface area contributed by atoms with Crippen LogP contribution in [0.2, 0.25) is 0 Å². The Labute approximate surface area is 138 Å². The number of benzene rings is 1. The molecule has 3 N–H and O–H groups in total. The molecule has 0 aliphatic rings. The summed E-state index contributed by atoms with van der Waals surface area (Å²) in [7, 11) is -1.34. The minimum atomic E-state index is -1.34. The smallest absolute Gasteiger partial charge is 0.303 e. The van der Waals surface area contributed by atoms with Gasteiger partial charge in [-0.05, 0) is 42.6 Å². The summed E-state index contributed by atoms with van der Waals surface area (Å²) in [5, 5.41) is 17.7. The van der Waals surface area contributed by atoms with Gasteiger partial charge in [-0.3, -0.25) is 9.59 Å². The monoisotopic (exact) mass is 340 g/mol. The van der Waals surface area contributed by atoms with Crippen molar-refractivity contribution in [1.82, 2.24) is 0 Å². The second-order valence-corrected chi connectivity index (χ2v) is 7.60. The van der Waals surface area contributed by atoms with Crippen LogP contribution >= 0.6 is 8.15 Å². The van der Waals surface area contributed by atoms with Gasteiger partial charge in [0.25, 0.3) is 0 Å². The third kappa shape index (κ3) is 8.10. The van der Waals surface area contributed by atoms with Gasteiger partial charge in [-0.15, -0.1) is 0 Å². The van der Waals surface area contributed by atoms with E-state index in [2.05, 4.69) is 19.1 Å². The van der Waals surface area contributed by atoms with Crippen LogP contribution in [0.5, 0.6) is 0 Å². The zero-order valence-corrected chi connectivity index (χ0v) is 14.3. The summed E-state index contributed by atoms with van der Waals surface area (Å²) in [6, 6.07) is 10.1. The molecule has 0 aromatic heterocycles. The van der Waals surface area contributed by atoms with Crippen LogP contribution < -0.4 is 0 Å². The van der Waals surface area contributed by atoms with Crippen LogP contribution in [-0.4, -0.2) is 39.4 Å². The zero-order chi connectivity index (χ0) is 17.2. The lowest BCUT2D eigenvalue weighted by molar-refractivity contribution is -0.140. The maximum Gasteiger partial charge on any atom is 0.303 e. The second-order valence-electron chi connectivity index (χ2n) is 5.78. The molecular formula is C17H25O5P. The van der Waals surface area contributed by atoms with Crippen molar-refractivity contribution in [3.63, 3.8) is 0 Å². The molecule has 1 aromatic rings. The van der Waals surface area contributed by atoms with Gasteiger partial charge in [-0.2, -0.15) is 0 Å². The van der Waals surface area contributed by atoms with Gasteiger partial charge in [0.15, 0.2) is 0 Å². The Morgan fingerprint density at radius 3 is 2.13 bits per heavy atom. The Bertz CT molecular complexity index is 475. The Kier molecular flexibility index (Phi) is 8.82. The van der Waals surface area contributed by atoms with Crippen molar-refractivity contribution in [2.24, 2.45) is 5.92 Å². The first kappa shape index (κ1) is 19.6. The molecule has 0 radical (unpaired) electrons.